The van der Waals surface area contributed by atoms with E-state index in [1.165, 1.54) is 6.42 Å². The molecule has 1 rings (SSSR count). The number of hydrogen-bond acceptors (Lipinski definition) is 2. The van der Waals surface area contributed by atoms with Crippen LogP contribution >= 0.6 is 0 Å². The summed E-state index contributed by atoms with van der Waals surface area (Å²) in [5.74, 6) is 0.390. The maximum absolute atomic E-state index is 12.2. The largest absolute Gasteiger partial charge is 0.396 e. The maximum Gasteiger partial charge on any atom is 0.223 e. The first-order chi connectivity index (χ1) is 8.28. The van der Waals surface area contributed by atoms with Gasteiger partial charge in [-0.15, -0.1) is 0 Å². The molecule has 1 fully saturated rings. The van der Waals surface area contributed by atoms with Crippen molar-refractivity contribution in [3.63, 3.8) is 0 Å². The van der Waals surface area contributed by atoms with Crippen molar-refractivity contribution in [3.05, 3.63) is 0 Å². The summed E-state index contributed by atoms with van der Waals surface area (Å²) in [6, 6.07) is 0. The number of amides is 1. The van der Waals surface area contributed by atoms with Gasteiger partial charge in [-0.05, 0) is 36.5 Å². The zero-order chi connectivity index (χ0) is 13.8. The minimum atomic E-state index is 0.0706. The van der Waals surface area contributed by atoms with Crippen molar-refractivity contribution in [2.24, 2.45) is 16.7 Å². The Labute approximate surface area is 111 Å². The molecule has 0 bridgehead atoms. The Morgan fingerprint density at radius 2 is 2.11 bits per heavy atom. The van der Waals surface area contributed by atoms with Gasteiger partial charge in [-0.3, -0.25) is 4.79 Å². The van der Waals surface area contributed by atoms with Gasteiger partial charge in [-0.1, -0.05) is 34.1 Å². The van der Waals surface area contributed by atoms with Crippen LogP contribution in [0.4, 0.5) is 0 Å². The van der Waals surface area contributed by atoms with Crippen LogP contribution in [-0.2, 0) is 4.79 Å². The van der Waals surface area contributed by atoms with Gasteiger partial charge in [0.2, 0.25) is 5.91 Å². The van der Waals surface area contributed by atoms with Gasteiger partial charge in [-0.25, -0.2) is 0 Å². The molecule has 3 nitrogen and oxygen atoms in total. The molecule has 0 spiro atoms. The minimum absolute atomic E-state index is 0.0706. The van der Waals surface area contributed by atoms with Crippen LogP contribution in [0.1, 0.15) is 59.8 Å². The van der Waals surface area contributed by atoms with Gasteiger partial charge in [0.05, 0.1) is 0 Å². The number of hydrogen-bond donors (Lipinski definition) is 2. The van der Waals surface area contributed by atoms with Crippen molar-refractivity contribution in [3.8, 4) is 0 Å². The van der Waals surface area contributed by atoms with Crippen LogP contribution in [0.5, 0.6) is 0 Å². The van der Waals surface area contributed by atoms with E-state index in [1.54, 1.807) is 0 Å². The SMILES string of the molecule is CC(C)(CCCO)CNC(=O)C1CCCC1(C)C. The zero-order valence-electron chi connectivity index (χ0n) is 12.4. The molecule has 1 aliphatic rings. The first kappa shape index (κ1) is 15.5. The highest BCUT2D eigenvalue weighted by molar-refractivity contribution is 5.79. The molecule has 1 unspecified atom stereocenters. The lowest BCUT2D eigenvalue weighted by Crippen LogP contribution is -2.40. The van der Waals surface area contributed by atoms with Gasteiger partial charge in [0, 0.05) is 19.1 Å². The van der Waals surface area contributed by atoms with Crippen molar-refractivity contribution < 1.29 is 9.90 Å². The third kappa shape index (κ3) is 4.27. The van der Waals surface area contributed by atoms with E-state index in [9.17, 15) is 4.79 Å². The average Bonchev–Trinajstić information content (AvgIpc) is 2.63. The summed E-state index contributed by atoms with van der Waals surface area (Å²) < 4.78 is 0. The Balaban J connectivity index is 2.41. The van der Waals surface area contributed by atoms with Crippen LogP contribution in [0.25, 0.3) is 0 Å². The predicted molar refractivity (Wildman–Crippen MR) is 74.2 cm³/mol. The predicted octanol–water partition coefficient (Wildman–Crippen LogP) is 2.73. The van der Waals surface area contributed by atoms with Gasteiger partial charge in [0.1, 0.15) is 0 Å². The summed E-state index contributed by atoms with van der Waals surface area (Å²) in [6.07, 6.45) is 5.09. The fourth-order valence-corrected chi connectivity index (χ4v) is 2.91. The molecule has 0 radical (unpaired) electrons. The summed E-state index contributed by atoms with van der Waals surface area (Å²) in [4.78, 5) is 12.2. The Kier molecular flexibility index (Phi) is 5.20. The van der Waals surface area contributed by atoms with E-state index >= 15 is 0 Å². The van der Waals surface area contributed by atoms with Crippen LogP contribution in [0.15, 0.2) is 0 Å². The molecule has 1 aliphatic carbocycles. The molecular weight excluding hydrogens is 226 g/mol. The smallest absolute Gasteiger partial charge is 0.223 e. The van der Waals surface area contributed by atoms with Gasteiger partial charge in [-0.2, -0.15) is 0 Å². The third-order valence-corrected chi connectivity index (χ3v) is 4.33. The highest BCUT2D eigenvalue weighted by Gasteiger charge is 2.39. The van der Waals surface area contributed by atoms with E-state index < -0.39 is 0 Å². The maximum atomic E-state index is 12.2. The average molecular weight is 255 g/mol. The molecule has 0 aromatic carbocycles. The molecule has 1 atom stereocenters. The van der Waals surface area contributed by atoms with Gasteiger partial charge in [0.25, 0.3) is 0 Å². The van der Waals surface area contributed by atoms with Crippen molar-refractivity contribution in [2.75, 3.05) is 13.2 Å². The summed E-state index contributed by atoms with van der Waals surface area (Å²) in [5, 5.41) is 12.0. The summed E-state index contributed by atoms with van der Waals surface area (Å²) >= 11 is 0. The van der Waals surface area contributed by atoms with Crippen molar-refractivity contribution in [2.45, 2.75) is 59.8 Å². The van der Waals surface area contributed by atoms with Crippen LogP contribution in [0, 0.1) is 16.7 Å². The van der Waals surface area contributed by atoms with Crippen LogP contribution in [0.2, 0.25) is 0 Å². The minimum Gasteiger partial charge on any atom is -0.396 e. The van der Waals surface area contributed by atoms with E-state index in [0.29, 0.717) is 6.54 Å². The lowest BCUT2D eigenvalue weighted by atomic mass is 9.81. The summed E-state index contributed by atoms with van der Waals surface area (Å²) in [6.45, 7) is 9.61. The van der Waals surface area contributed by atoms with Crippen molar-refractivity contribution >= 4 is 5.91 Å². The zero-order valence-corrected chi connectivity index (χ0v) is 12.4. The quantitative estimate of drug-likeness (QED) is 0.766. The normalized spacial score (nSPS) is 23.1. The van der Waals surface area contributed by atoms with Gasteiger partial charge < -0.3 is 10.4 Å². The van der Waals surface area contributed by atoms with Crippen molar-refractivity contribution in [1.82, 2.24) is 5.32 Å². The monoisotopic (exact) mass is 255 g/mol. The van der Waals surface area contributed by atoms with E-state index in [-0.39, 0.29) is 29.3 Å². The molecule has 0 heterocycles. The molecular formula is C15H29NO2. The van der Waals surface area contributed by atoms with Crippen LogP contribution < -0.4 is 5.32 Å². The van der Waals surface area contributed by atoms with Crippen LogP contribution in [-0.4, -0.2) is 24.2 Å². The number of carbonyl (C=O) groups excluding carboxylic acids is 1. The molecule has 18 heavy (non-hydrogen) atoms. The summed E-state index contributed by atoms with van der Waals surface area (Å²) in [5.41, 5.74) is 0.223. The number of aliphatic hydroxyl groups is 1. The van der Waals surface area contributed by atoms with E-state index in [0.717, 1.165) is 25.7 Å². The van der Waals surface area contributed by atoms with E-state index in [1.807, 2.05) is 0 Å². The lowest BCUT2D eigenvalue weighted by molar-refractivity contribution is -0.128. The third-order valence-electron chi connectivity index (χ3n) is 4.33. The number of rotatable bonds is 6. The molecule has 3 heteroatoms. The fraction of sp³-hybridized carbons (Fsp3) is 0.933. The van der Waals surface area contributed by atoms with Crippen LogP contribution in [0.3, 0.4) is 0 Å². The van der Waals surface area contributed by atoms with Gasteiger partial charge in [0.15, 0.2) is 0 Å². The van der Waals surface area contributed by atoms with E-state index in [2.05, 4.69) is 33.0 Å². The number of carbonyl (C=O) groups is 1. The molecule has 1 amide bonds. The fourth-order valence-electron chi connectivity index (χ4n) is 2.91. The Bertz CT molecular complexity index is 284. The molecule has 106 valence electrons. The van der Waals surface area contributed by atoms with Gasteiger partial charge >= 0.3 is 0 Å². The molecule has 2 N–H and O–H groups in total. The molecule has 0 aromatic rings. The second-order valence-electron chi connectivity index (χ2n) is 7.14. The Morgan fingerprint density at radius 1 is 1.44 bits per heavy atom. The lowest BCUT2D eigenvalue weighted by Gasteiger charge is -2.29. The molecule has 0 aliphatic heterocycles. The number of nitrogens with one attached hydrogen (secondary N) is 1. The Morgan fingerprint density at radius 3 is 2.61 bits per heavy atom. The highest BCUT2D eigenvalue weighted by Crippen LogP contribution is 2.42. The first-order valence-corrected chi connectivity index (χ1v) is 7.17. The summed E-state index contributed by atoms with van der Waals surface area (Å²) in [7, 11) is 0. The molecule has 0 saturated heterocycles. The second kappa shape index (κ2) is 6.05. The number of aliphatic hydroxyl groups excluding tert-OH is 1. The highest BCUT2D eigenvalue weighted by atomic mass is 16.2. The molecule has 1 saturated carbocycles. The molecule has 0 aromatic heterocycles. The first-order valence-electron chi connectivity index (χ1n) is 7.17. The second-order valence-corrected chi connectivity index (χ2v) is 7.14. The van der Waals surface area contributed by atoms with E-state index in [4.69, 9.17) is 5.11 Å². The topological polar surface area (TPSA) is 49.3 Å². The Hall–Kier alpha value is -0.570. The standard InChI is InChI=1S/C15H29NO2/c1-14(2,8-6-10-17)11-16-13(18)12-7-5-9-15(12,3)4/h12,17H,5-11H2,1-4H3,(H,16,18). The van der Waals surface area contributed by atoms with Crippen molar-refractivity contribution in [1.29, 1.82) is 0 Å².